The Bertz CT molecular complexity index is 862. The molecule has 140 valence electrons. The number of esters is 1. The van der Waals surface area contributed by atoms with Crippen LogP contribution in [0, 0.1) is 0 Å². The van der Waals surface area contributed by atoms with Gasteiger partial charge < -0.3 is 10.1 Å². The summed E-state index contributed by atoms with van der Waals surface area (Å²) in [5.74, 6) is -1.71. The fourth-order valence-corrected chi connectivity index (χ4v) is 3.48. The molecule has 3 amide bonds. The summed E-state index contributed by atoms with van der Waals surface area (Å²) in [5.41, 5.74) is 0.492. The minimum atomic E-state index is -0.699. The first-order chi connectivity index (χ1) is 13.0. The minimum Gasteiger partial charge on any atom is -0.452 e. The monoisotopic (exact) mass is 386 g/mol. The maximum Gasteiger partial charge on any atom is 0.338 e. The Morgan fingerprint density at radius 2 is 1.93 bits per heavy atom. The number of thiophene rings is 1. The molecule has 0 spiro atoms. The van der Waals surface area contributed by atoms with Gasteiger partial charge in [0.2, 0.25) is 11.8 Å². The summed E-state index contributed by atoms with van der Waals surface area (Å²) in [6.45, 7) is 1.43. The number of carbonyl (C=O) groups is 4. The number of benzene rings is 1. The van der Waals surface area contributed by atoms with E-state index >= 15 is 0 Å². The molecular formula is C19H18N2O5S. The molecule has 7 nitrogen and oxygen atoms in total. The number of anilines is 1. The summed E-state index contributed by atoms with van der Waals surface area (Å²) >= 11 is 1.53. The number of nitrogens with one attached hydrogen (secondary N) is 1. The predicted molar refractivity (Wildman–Crippen MR) is 99.3 cm³/mol. The van der Waals surface area contributed by atoms with Gasteiger partial charge in [-0.1, -0.05) is 12.1 Å². The summed E-state index contributed by atoms with van der Waals surface area (Å²) in [6, 6.07) is 9.68. The SMILES string of the molecule is C[C@@H](NC(=O)COC(=O)c1cccc(N2C(=O)CCC2=O)c1)c1cccs1. The largest absolute Gasteiger partial charge is 0.452 e. The van der Waals surface area contributed by atoms with Crippen molar-refractivity contribution in [2.45, 2.75) is 25.8 Å². The molecular weight excluding hydrogens is 368 g/mol. The van der Waals surface area contributed by atoms with Gasteiger partial charge in [0.15, 0.2) is 6.61 Å². The van der Waals surface area contributed by atoms with Gasteiger partial charge in [0, 0.05) is 17.7 Å². The van der Waals surface area contributed by atoms with E-state index in [2.05, 4.69) is 5.32 Å². The van der Waals surface area contributed by atoms with Crippen LogP contribution in [0.4, 0.5) is 5.69 Å². The average molecular weight is 386 g/mol. The number of nitrogens with zero attached hydrogens (tertiary/aromatic N) is 1. The molecule has 2 heterocycles. The van der Waals surface area contributed by atoms with Crippen LogP contribution in [0.2, 0.25) is 0 Å². The standard InChI is InChI=1S/C19H18N2O5S/c1-12(15-6-3-9-27-15)20-16(22)11-26-19(25)13-4-2-5-14(10-13)21-17(23)7-8-18(21)24/h2-6,9-10,12H,7-8,11H2,1H3,(H,20,22)/t12-/m1/s1. The molecule has 2 aromatic rings. The van der Waals surface area contributed by atoms with Crippen LogP contribution in [0.1, 0.15) is 41.0 Å². The lowest BCUT2D eigenvalue weighted by atomic mass is 10.2. The summed E-state index contributed by atoms with van der Waals surface area (Å²) in [7, 11) is 0. The molecule has 0 saturated carbocycles. The van der Waals surface area contributed by atoms with Gasteiger partial charge in [-0.2, -0.15) is 0 Å². The molecule has 1 aromatic heterocycles. The van der Waals surface area contributed by atoms with E-state index in [0.717, 1.165) is 9.78 Å². The number of ether oxygens (including phenoxy) is 1. The number of imide groups is 1. The molecule has 0 unspecified atom stereocenters. The first-order valence-corrected chi connectivity index (χ1v) is 9.29. The highest BCUT2D eigenvalue weighted by atomic mass is 32.1. The van der Waals surface area contributed by atoms with Gasteiger partial charge in [0.25, 0.3) is 5.91 Å². The Balaban J connectivity index is 1.58. The third-order valence-corrected chi connectivity index (χ3v) is 5.13. The zero-order chi connectivity index (χ0) is 19.4. The molecule has 1 fully saturated rings. The van der Waals surface area contributed by atoms with Crippen LogP contribution in [-0.2, 0) is 19.1 Å². The van der Waals surface area contributed by atoms with E-state index in [1.54, 1.807) is 12.1 Å². The Kier molecular flexibility index (Phi) is 5.66. The van der Waals surface area contributed by atoms with Crippen LogP contribution in [0.3, 0.4) is 0 Å². The topological polar surface area (TPSA) is 92.8 Å². The Hall–Kier alpha value is -3.00. The first-order valence-electron chi connectivity index (χ1n) is 8.41. The van der Waals surface area contributed by atoms with Gasteiger partial charge in [-0.3, -0.25) is 19.3 Å². The van der Waals surface area contributed by atoms with Crippen molar-refractivity contribution >= 4 is 40.7 Å². The molecule has 0 bridgehead atoms. The second kappa shape index (κ2) is 8.13. The fourth-order valence-electron chi connectivity index (χ4n) is 2.74. The summed E-state index contributed by atoms with van der Waals surface area (Å²) < 4.78 is 5.04. The van der Waals surface area contributed by atoms with Crippen molar-refractivity contribution in [2.24, 2.45) is 0 Å². The molecule has 27 heavy (non-hydrogen) atoms. The lowest BCUT2D eigenvalue weighted by Crippen LogP contribution is -2.31. The summed E-state index contributed by atoms with van der Waals surface area (Å²) in [5, 5.41) is 4.67. The number of rotatable bonds is 6. The van der Waals surface area contributed by atoms with Crippen molar-refractivity contribution in [1.29, 1.82) is 0 Å². The molecule has 1 N–H and O–H groups in total. The molecule has 3 rings (SSSR count). The van der Waals surface area contributed by atoms with Gasteiger partial charge in [0.05, 0.1) is 17.3 Å². The Morgan fingerprint density at radius 3 is 2.59 bits per heavy atom. The van der Waals surface area contributed by atoms with Crippen LogP contribution < -0.4 is 10.2 Å². The van der Waals surface area contributed by atoms with Gasteiger partial charge in [0.1, 0.15) is 0 Å². The van der Waals surface area contributed by atoms with Crippen molar-refractivity contribution in [2.75, 3.05) is 11.5 Å². The predicted octanol–water partition coefficient (Wildman–Crippen LogP) is 2.44. The molecule has 1 saturated heterocycles. The zero-order valence-electron chi connectivity index (χ0n) is 14.6. The van der Waals surface area contributed by atoms with Crippen molar-refractivity contribution in [3.05, 3.63) is 52.2 Å². The third-order valence-electron chi connectivity index (χ3n) is 4.07. The highest BCUT2D eigenvalue weighted by Gasteiger charge is 2.30. The molecule has 1 aliphatic rings. The minimum absolute atomic E-state index is 0.163. The van der Waals surface area contributed by atoms with E-state index in [1.807, 2.05) is 24.4 Å². The molecule has 8 heteroatoms. The van der Waals surface area contributed by atoms with Crippen molar-refractivity contribution in [1.82, 2.24) is 5.32 Å². The van der Waals surface area contributed by atoms with Gasteiger partial charge in [-0.25, -0.2) is 4.79 Å². The van der Waals surface area contributed by atoms with Crippen molar-refractivity contribution in [3.63, 3.8) is 0 Å². The Labute approximate surface area is 159 Å². The van der Waals surface area contributed by atoms with E-state index in [-0.39, 0.29) is 36.3 Å². The van der Waals surface area contributed by atoms with Crippen LogP contribution in [0.5, 0.6) is 0 Å². The lowest BCUT2D eigenvalue weighted by Gasteiger charge is -2.15. The first kappa shape index (κ1) is 18.8. The highest BCUT2D eigenvalue weighted by Crippen LogP contribution is 2.23. The van der Waals surface area contributed by atoms with Gasteiger partial charge >= 0.3 is 5.97 Å². The number of hydrogen-bond donors (Lipinski definition) is 1. The highest BCUT2D eigenvalue weighted by molar-refractivity contribution is 7.10. The number of hydrogen-bond acceptors (Lipinski definition) is 6. The molecule has 0 aliphatic carbocycles. The normalized spacial score (nSPS) is 14.9. The summed E-state index contributed by atoms with van der Waals surface area (Å²) in [4.78, 5) is 49.9. The Morgan fingerprint density at radius 1 is 1.19 bits per heavy atom. The van der Waals surface area contributed by atoms with E-state index in [0.29, 0.717) is 5.69 Å². The van der Waals surface area contributed by atoms with Crippen LogP contribution in [0.15, 0.2) is 41.8 Å². The van der Waals surface area contributed by atoms with Crippen LogP contribution in [0.25, 0.3) is 0 Å². The van der Waals surface area contributed by atoms with Crippen molar-refractivity contribution < 1.29 is 23.9 Å². The number of carbonyl (C=O) groups excluding carboxylic acids is 4. The third kappa shape index (κ3) is 4.40. The smallest absolute Gasteiger partial charge is 0.338 e. The molecule has 0 radical (unpaired) electrons. The van der Waals surface area contributed by atoms with Crippen molar-refractivity contribution in [3.8, 4) is 0 Å². The maximum absolute atomic E-state index is 12.2. The van der Waals surface area contributed by atoms with E-state index in [4.69, 9.17) is 4.74 Å². The lowest BCUT2D eigenvalue weighted by molar-refractivity contribution is -0.125. The second-order valence-corrected chi connectivity index (χ2v) is 7.03. The van der Waals surface area contributed by atoms with E-state index < -0.39 is 18.5 Å². The average Bonchev–Trinajstić information content (AvgIpc) is 3.30. The van der Waals surface area contributed by atoms with E-state index in [1.165, 1.54) is 23.5 Å². The van der Waals surface area contributed by atoms with Crippen LogP contribution >= 0.6 is 11.3 Å². The van der Waals surface area contributed by atoms with Gasteiger partial charge in [-0.05, 0) is 36.6 Å². The van der Waals surface area contributed by atoms with Gasteiger partial charge in [-0.15, -0.1) is 11.3 Å². The number of amides is 3. The maximum atomic E-state index is 12.2. The molecule has 1 aromatic carbocycles. The zero-order valence-corrected chi connectivity index (χ0v) is 15.5. The molecule has 1 atom stereocenters. The van der Waals surface area contributed by atoms with Crippen LogP contribution in [-0.4, -0.2) is 30.3 Å². The second-order valence-electron chi connectivity index (χ2n) is 6.05. The summed E-state index contributed by atoms with van der Waals surface area (Å²) in [6.07, 6.45) is 0.326. The van der Waals surface area contributed by atoms with E-state index in [9.17, 15) is 19.2 Å². The fraction of sp³-hybridized carbons (Fsp3) is 0.263. The molecule has 1 aliphatic heterocycles. The quantitative estimate of drug-likeness (QED) is 0.608.